The first-order valence-corrected chi connectivity index (χ1v) is 9.91. The molecule has 8 heteroatoms. The van der Waals surface area contributed by atoms with Crippen LogP contribution in [0.25, 0.3) is 6.08 Å². The van der Waals surface area contributed by atoms with E-state index in [0.29, 0.717) is 36.0 Å². The molecule has 1 N–H and O–H groups in total. The van der Waals surface area contributed by atoms with Gasteiger partial charge in [-0.25, -0.2) is 8.78 Å². The van der Waals surface area contributed by atoms with Crippen LogP contribution >= 0.6 is 0 Å². The number of fused-ring (bicyclic) bond motifs is 1. The molecule has 1 aromatic heterocycles. The molecule has 2 aliphatic rings. The summed E-state index contributed by atoms with van der Waals surface area (Å²) in [5, 5.41) is 3.13. The third kappa shape index (κ3) is 4.33. The summed E-state index contributed by atoms with van der Waals surface area (Å²) in [6, 6.07) is 2.68. The second kappa shape index (κ2) is 8.29. The predicted molar refractivity (Wildman–Crippen MR) is 119 cm³/mol. The van der Waals surface area contributed by atoms with Crippen molar-refractivity contribution in [1.29, 1.82) is 0 Å². The van der Waals surface area contributed by atoms with E-state index < -0.39 is 11.6 Å². The Bertz CT molecular complexity index is 1170. The van der Waals surface area contributed by atoms with Gasteiger partial charge in [0.1, 0.15) is 23.3 Å². The number of rotatable bonds is 5. The van der Waals surface area contributed by atoms with Crippen LogP contribution in [0, 0.1) is 11.6 Å². The summed E-state index contributed by atoms with van der Waals surface area (Å²) >= 11 is 0. The Kier molecular flexibility index (Phi) is 5.54. The minimum absolute atomic E-state index is 0.0955. The zero-order valence-electron chi connectivity index (χ0n) is 17.8. The van der Waals surface area contributed by atoms with E-state index in [9.17, 15) is 8.78 Å². The molecule has 2 heterocycles. The van der Waals surface area contributed by atoms with Crippen LogP contribution in [0.3, 0.4) is 0 Å². The summed E-state index contributed by atoms with van der Waals surface area (Å²) in [5.74, 6) is 0.240. The molecule has 0 fully saturated rings. The maximum Gasteiger partial charge on any atom is 0.326 e. The van der Waals surface area contributed by atoms with Gasteiger partial charge in [0.2, 0.25) is 0 Å². The molecule has 1 aliphatic carbocycles. The number of ether oxygens (including phenoxy) is 1. The first-order valence-electron chi connectivity index (χ1n) is 9.91. The monoisotopic (exact) mass is 423 g/mol. The minimum atomic E-state index is -0.624. The maximum absolute atomic E-state index is 15.0. The van der Waals surface area contributed by atoms with E-state index in [-0.39, 0.29) is 17.3 Å². The predicted octanol–water partition coefficient (Wildman–Crippen LogP) is 4.90. The van der Waals surface area contributed by atoms with Crippen LogP contribution < -0.4 is 15.0 Å². The van der Waals surface area contributed by atoms with Crippen molar-refractivity contribution in [3.63, 3.8) is 0 Å². The van der Waals surface area contributed by atoms with E-state index in [1.807, 2.05) is 46.2 Å². The highest BCUT2D eigenvalue weighted by atomic mass is 19.1. The number of allylic oxidation sites excluding steroid dienone is 2. The molecule has 4 rings (SSSR count). The van der Waals surface area contributed by atoms with Crippen molar-refractivity contribution in [2.45, 2.75) is 20.3 Å². The Hall–Kier alpha value is -3.55. The van der Waals surface area contributed by atoms with Crippen molar-refractivity contribution >= 4 is 23.5 Å². The summed E-state index contributed by atoms with van der Waals surface area (Å²) in [6.07, 6.45) is 7.88. The molecule has 0 bridgehead atoms. The van der Waals surface area contributed by atoms with Crippen LogP contribution in [0.1, 0.15) is 25.0 Å². The first kappa shape index (κ1) is 20.7. The summed E-state index contributed by atoms with van der Waals surface area (Å²) in [6.45, 7) is 4.36. The molecule has 160 valence electrons. The lowest BCUT2D eigenvalue weighted by Gasteiger charge is -2.15. The standard InChI is InChI=1S/C23H23F2N5O/c1-5-6-14-9-19(26-12-14)27-20-11-21(30(3)4)29-23(28-20)31-18-10-17(24)15-7-13(2)8-16(15)22(18)25/h5-6,8-11H,7,12H2,1-4H3,(H,26,27,28,29)/b6-5+. The fraction of sp³-hybridized carbons (Fsp3) is 0.261. The number of hydrogen-bond donors (Lipinski definition) is 1. The molecule has 0 saturated heterocycles. The van der Waals surface area contributed by atoms with E-state index in [0.717, 1.165) is 17.2 Å². The lowest BCUT2D eigenvalue weighted by atomic mass is 10.1. The lowest BCUT2D eigenvalue weighted by Crippen LogP contribution is -2.14. The van der Waals surface area contributed by atoms with Gasteiger partial charge in [-0.2, -0.15) is 9.97 Å². The third-order valence-electron chi connectivity index (χ3n) is 4.91. The smallest absolute Gasteiger partial charge is 0.326 e. The second-order valence-electron chi connectivity index (χ2n) is 7.67. The zero-order chi connectivity index (χ0) is 22.1. The van der Waals surface area contributed by atoms with E-state index in [4.69, 9.17) is 4.74 Å². The highest BCUT2D eigenvalue weighted by Crippen LogP contribution is 2.36. The van der Waals surface area contributed by atoms with Gasteiger partial charge >= 0.3 is 6.01 Å². The van der Waals surface area contributed by atoms with Gasteiger partial charge in [-0.1, -0.05) is 23.8 Å². The van der Waals surface area contributed by atoms with Crippen LogP contribution in [0.15, 0.2) is 46.5 Å². The molecule has 0 unspecified atom stereocenters. The molecule has 1 aromatic carbocycles. The largest absolute Gasteiger partial charge is 0.421 e. The van der Waals surface area contributed by atoms with Gasteiger partial charge in [0.25, 0.3) is 0 Å². The van der Waals surface area contributed by atoms with Crippen LogP contribution in [0.5, 0.6) is 11.8 Å². The molecule has 0 spiro atoms. The van der Waals surface area contributed by atoms with E-state index in [2.05, 4.69) is 20.3 Å². The third-order valence-corrected chi connectivity index (χ3v) is 4.91. The molecule has 0 saturated carbocycles. The maximum atomic E-state index is 15.0. The SMILES string of the molecule is C/C=C/C1=CC(Nc2cc(N(C)C)nc(Oc3cc(F)c4c(c3F)C=C(C)C4)n2)=NC1. The zero-order valence-corrected chi connectivity index (χ0v) is 17.8. The van der Waals surface area contributed by atoms with E-state index in [1.165, 1.54) is 0 Å². The molecule has 0 atom stereocenters. The molecule has 0 amide bonds. The van der Waals surface area contributed by atoms with Gasteiger partial charge in [-0.15, -0.1) is 0 Å². The minimum Gasteiger partial charge on any atom is -0.421 e. The average Bonchev–Trinajstić information content (AvgIpc) is 3.32. The van der Waals surface area contributed by atoms with Crippen LogP contribution in [0.2, 0.25) is 0 Å². The number of benzene rings is 1. The van der Waals surface area contributed by atoms with Gasteiger partial charge in [0.05, 0.1) is 6.54 Å². The molecule has 2 aromatic rings. The average molecular weight is 423 g/mol. The second-order valence-corrected chi connectivity index (χ2v) is 7.67. The van der Waals surface area contributed by atoms with E-state index in [1.54, 1.807) is 17.0 Å². The molecular formula is C23H23F2N5O. The van der Waals surface area contributed by atoms with Gasteiger partial charge < -0.3 is 15.0 Å². The normalized spacial score (nSPS) is 15.0. The van der Waals surface area contributed by atoms with Crippen LogP contribution in [0.4, 0.5) is 20.4 Å². The Balaban J connectivity index is 1.65. The number of halogens is 2. The quantitative estimate of drug-likeness (QED) is 0.741. The highest BCUT2D eigenvalue weighted by molar-refractivity contribution is 6.05. The van der Waals surface area contributed by atoms with Crippen molar-refractivity contribution in [1.82, 2.24) is 9.97 Å². The Morgan fingerprint density at radius 1 is 1.16 bits per heavy atom. The Morgan fingerprint density at radius 3 is 2.71 bits per heavy atom. The van der Waals surface area contributed by atoms with Crippen LogP contribution in [-0.4, -0.2) is 36.4 Å². The summed E-state index contributed by atoms with van der Waals surface area (Å²) in [4.78, 5) is 14.8. The fourth-order valence-corrected chi connectivity index (χ4v) is 3.46. The topological polar surface area (TPSA) is 62.6 Å². The number of aromatic nitrogens is 2. The number of amidine groups is 1. The Labute approximate surface area is 179 Å². The summed E-state index contributed by atoms with van der Waals surface area (Å²) in [5.41, 5.74) is 2.53. The van der Waals surface area contributed by atoms with Crippen LogP contribution in [-0.2, 0) is 6.42 Å². The molecule has 31 heavy (non-hydrogen) atoms. The van der Waals surface area contributed by atoms with Crippen molar-refractivity contribution in [2.24, 2.45) is 4.99 Å². The number of hydrogen-bond acceptors (Lipinski definition) is 6. The van der Waals surface area contributed by atoms with Gasteiger partial charge in [-0.3, -0.25) is 4.99 Å². The van der Waals surface area contributed by atoms with Gasteiger partial charge in [0.15, 0.2) is 11.6 Å². The number of anilines is 2. The van der Waals surface area contributed by atoms with Crippen molar-refractivity contribution in [3.8, 4) is 11.8 Å². The lowest BCUT2D eigenvalue weighted by molar-refractivity contribution is 0.406. The molecular weight excluding hydrogens is 400 g/mol. The highest BCUT2D eigenvalue weighted by Gasteiger charge is 2.23. The Morgan fingerprint density at radius 2 is 1.97 bits per heavy atom. The number of aliphatic imine (C=N–C) groups is 1. The van der Waals surface area contributed by atoms with E-state index >= 15 is 0 Å². The van der Waals surface area contributed by atoms with Crippen molar-refractivity contribution in [3.05, 3.63) is 64.3 Å². The molecule has 6 nitrogen and oxygen atoms in total. The van der Waals surface area contributed by atoms with Gasteiger partial charge in [-0.05, 0) is 31.9 Å². The van der Waals surface area contributed by atoms with Crippen molar-refractivity contribution < 1.29 is 13.5 Å². The first-order chi connectivity index (χ1) is 14.8. The van der Waals surface area contributed by atoms with Crippen molar-refractivity contribution in [2.75, 3.05) is 30.9 Å². The molecule has 1 aliphatic heterocycles. The number of nitrogens with one attached hydrogen (secondary N) is 1. The molecule has 0 radical (unpaired) electrons. The summed E-state index contributed by atoms with van der Waals surface area (Å²) < 4.78 is 35.1. The summed E-state index contributed by atoms with van der Waals surface area (Å²) in [7, 11) is 3.63. The number of nitrogens with zero attached hydrogens (tertiary/aromatic N) is 4. The van der Waals surface area contributed by atoms with Gasteiger partial charge in [0, 0.05) is 37.4 Å². The fourth-order valence-electron chi connectivity index (χ4n) is 3.46.